The molecule has 0 fully saturated rings. The fraction of sp³-hybridized carbons (Fsp3) is 0.524. The molecular weight excluding hydrogens is 444 g/mol. The van der Waals surface area contributed by atoms with Gasteiger partial charge in [0.2, 0.25) is 0 Å². The van der Waals surface area contributed by atoms with Crippen LogP contribution in [0.25, 0.3) is 0 Å². The minimum Gasteiger partial charge on any atom is -0.506 e. The Bertz CT molecular complexity index is 613. The van der Waals surface area contributed by atoms with Crippen LogP contribution in [0.15, 0.2) is 32.2 Å². The van der Waals surface area contributed by atoms with Gasteiger partial charge >= 0.3 is 0 Å². The number of halogens is 2. The molecule has 140 valence electrons. The lowest BCUT2D eigenvalue weighted by molar-refractivity contribution is 0.434. The van der Waals surface area contributed by atoms with Gasteiger partial charge in [-0.15, -0.1) is 0 Å². The first-order valence-electron chi connectivity index (χ1n) is 8.99. The normalized spacial score (nSPS) is 11.7. The summed E-state index contributed by atoms with van der Waals surface area (Å²) in [6.07, 6.45) is 11.0. The van der Waals surface area contributed by atoms with E-state index in [1.165, 1.54) is 11.1 Å². The van der Waals surface area contributed by atoms with Crippen molar-refractivity contribution in [2.75, 3.05) is 0 Å². The van der Waals surface area contributed by atoms with Crippen LogP contribution in [0.2, 0.25) is 0 Å². The van der Waals surface area contributed by atoms with Crippen molar-refractivity contribution in [1.82, 2.24) is 0 Å². The van der Waals surface area contributed by atoms with Crippen molar-refractivity contribution in [2.24, 2.45) is 0 Å². The average Bonchev–Trinajstić information content (AvgIpc) is 2.56. The number of aromatic hydroxyl groups is 2. The van der Waals surface area contributed by atoms with E-state index in [4.69, 9.17) is 0 Å². The lowest BCUT2D eigenvalue weighted by Crippen LogP contribution is -1.96. The molecule has 0 saturated heterocycles. The molecule has 0 atom stereocenters. The van der Waals surface area contributed by atoms with Gasteiger partial charge in [0.1, 0.15) is 11.5 Å². The Morgan fingerprint density at radius 3 is 2.04 bits per heavy atom. The van der Waals surface area contributed by atoms with Crippen molar-refractivity contribution >= 4 is 31.9 Å². The van der Waals surface area contributed by atoms with Crippen LogP contribution in [0, 0.1) is 0 Å². The Kier molecular flexibility index (Phi) is 9.88. The monoisotopic (exact) mass is 472 g/mol. The van der Waals surface area contributed by atoms with Gasteiger partial charge in [0.15, 0.2) is 0 Å². The summed E-state index contributed by atoms with van der Waals surface area (Å²) in [6.45, 7) is 8.46. The highest BCUT2D eigenvalue weighted by Crippen LogP contribution is 2.45. The molecule has 0 aliphatic rings. The Morgan fingerprint density at radius 2 is 1.52 bits per heavy atom. The van der Waals surface area contributed by atoms with Gasteiger partial charge < -0.3 is 10.2 Å². The second-order valence-electron chi connectivity index (χ2n) is 6.81. The van der Waals surface area contributed by atoms with E-state index in [-0.39, 0.29) is 11.5 Å². The standard InChI is InChI=1S/C21H30Br2O2/c1-5-6-7-11-16-18(22)20(24)17(21(25)19(16)23)13-12-15(4)10-8-9-14(2)3/h9,12,24-25H,5-8,10-11,13H2,1-4H3. The molecule has 0 amide bonds. The molecule has 0 aromatic heterocycles. The van der Waals surface area contributed by atoms with Crippen LogP contribution in [0.4, 0.5) is 0 Å². The van der Waals surface area contributed by atoms with E-state index < -0.39 is 0 Å². The summed E-state index contributed by atoms with van der Waals surface area (Å²) in [4.78, 5) is 0. The summed E-state index contributed by atoms with van der Waals surface area (Å²) in [5, 5.41) is 21.1. The molecule has 2 N–H and O–H groups in total. The highest BCUT2D eigenvalue weighted by Gasteiger charge is 2.20. The Labute approximate surface area is 169 Å². The lowest BCUT2D eigenvalue weighted by Gasteiger charge is -2.15. The van der Waals surface area contributed by atoms with Crippen LogP contribution in [-0.2, 0) is 12.8 Å². The first kappa shape index (κ1) is 22.3. The summed E-state index contributed by atoms with van der Waals surface area (Å²) >= 11 is 7.03. The molecule has 0 radical (unpaired) electrons. The first-order valence-corrected chi connectivity index (χ1v) is 10.6. The van der Waals surface area contributed by atoms with Gasteiger partial charge in [-0.25, -0.2) is 0 Å². The van der Waals surface area contributed by atoms with E-state index >= 15 is 0 Å². The van der Waals surface area contributed by atoms with E-state index in [2.05, 4.69) is 71.7 Å². The largest absolute Gasteiger partial charge is 0.506 e. The molecule has 0 spiro atoms. The number of hydrogen-bond acceptors (Lipinski definition) is 2. The summed E-state index contributed by atoms with van der Waals surface area (Å²) in [5.41, 5.74) is 4.10. The SMILES string of the molecule is CCCCCc1c(Br)c(O)c(CC=C(C)CCC=C(C)C)c(O)c1Br. The molecule has 0 aliphatic heterocycles. The topological polar surface area (TPSA) is 40.5 Å². The van der Waals surface area contributed by atoms with Crippen LogP contribution in [0.1, 0.15) is 70.9 Å². The van der Waals surface area contributed by atoms with Crippen LogP contribution in [0.5, 0.6) is 11.5 Å². The average molecular weight is 474 g/mol. The van der Waals surface area contributed by atoms with Crippen molar-refractivity contribution in [2.45, 2.75) is 72.6 Å². The molecule has 25 heavy (non-hydrogen) atoms. The molecular formula is C21H30Br2O2. The van der Waals surface area contributed by atoms with Crippen molar-refractivity contribution < 1.29 is 10.2 Å². The maximum atomic E-state index is 10.5. The molecule has 0 heterocycles. The van der Waals surface area contributed by atoms with Gasteiger partial charge in [0.05, 0.1) is 8.95 Å². The predicted molar refractivity (Wildman–Crippen MR) is 115 cm³/mol. The van der Waals surface area contributed by atoms with Crippen LogP contribution < -0.4 is 0 Å². The van der Waals surface area contributed by atoms with E-state index in [0.717, 1.165) is 44.1 Å². The quantitative estimate of drug-likeness (QED) is 0.286. The van der Waals surface area contributed by atoms with Gasteiger partial charge in [0, 0.05) is 5.56 Å². The van der Waals surface area contributed by atoms with Crippen molar-refractivity contribution in [3.05, 3.63) is 43.4 Å². The molecule has 0 bridgehead atoms. The summed E-state index contributed by atoms with van der Waals surface area (Å²) < 4.78 is 1.39. The molecule has 0 saturated carbocycles. The van der Waals surface area contributed by atoms with E-state index in [1.54, 1.807) is 0 Å². The minimum atomic E-state index is 0.153. The van der Waals surface area contributed by atoms with Crippen molar-refractivity contribution in [1.29, 1.82) is 0 Å². The third kappa shape index (κ3) is 6.82. The summed E-state index contributed by atoms with van der Waals surface area (Å²) in [7, 11) is 0. The summed E-state index contributed by atoms with van der Waals surface area (Å²) in [6, 6.07) is 0. The lowest BCUT2D eigenvalue weighted by atomic mass is 10.00. The third-order valence-electron chi connectivity index (χ3n) is 4.29. The number of allylic oxidation sites excluding steroid dienone is 4. The van der Waals surface area contributed by atoms with E-state index in [0.29, 0.717) is 20.9 Å². The van der Waals surface area contributed by atoms with Gasteiger partial charge in [-0.05, 0) is 90.3 Å². The number of benzene rings is 1. The van der Waals surface area contributed by atoms with Gasteiger partial charge in [-0.3, -0.25) is 0 Å². The summed E-state index contributed by atoms with van der Waals surface area (Å²) in [5.74, 6) is 0.307. The van der Waals surface area contributed by atoms with E-state index in [9.17, 15) is 10.2 Å². The van der Waals surface area contributed by atoms with Gasteiger partial charge in [-0.1, -0.05) is 43.1 Å². The second-order valence-corrected chi connectivity index (χ2v) is 8.40. The maximum absolute atomic E-state index is 10.5. The fourth-order valence-corrected chi connectivity index (χ4v) is 4.23. The highest BCUT2D eigenvalue weighted by molar-refractivity contribution is 9.11. The van der Waals surface area contributed by atoms with E-state index in [1.807, 2.05) is 0 Å². The second kappa shape index (κ2) is 11.1. The number of rotatable bonds is 9. The Morgan fingerprint density at radius 1 is 0.920 bits per heavy atom. The zero-order chi connectivity index (χ0) is 19.0. The molecule has 0 unspecified atom stereocenters. The fourth-order valence-electron chi connectivity index (χ4n) is 2.69. The van der Waals surface area contributed by atoms with Gasteiger partial charge in [-0.2, -0.15) is 0 Å². The number of phenolic OH excluding ortho intramolecular Hbond substituents is 2. The first-order chi connectivity index (χ1) is 11.8. The third-order valence-corrected chi connectivity index (χ3v) is 6.00. The number of phenols is 2. The minimum absolute atomic E-state index is 0.153. The molecule has 1 rings (SSSR count). The van der Waals surface area contributed by atoms with Crippen molar-refractivity contribution in [3.63, 3.8) is 0 Å². The molecule has 1 aromatic carbocycles. The number of unbranched alkanes of at least 4 members (excludes halogenated alkanes) is 2. The molecule has 2 nitrogen and oxygen atoms in total. The number of hydrogen-bond donors (Lipinski definition) is 2. The van der Waals surface area contributed by atoms with Crippen molar-refractivity contribution in [3.8, 4) is 11.5 Å². The molecule has 0 aliphatic carbocycles. The van der Waals surface area contributed by atoms with Crippen LogP contribution in [-0.4, -0.2) is 10.2 Å². The maximum Gasteiger partial charge on any atom is 0.137 e. The van der Waals surface area contributed by atoms with Crippen LogP contribution >= 0.6 is 31.9 Å². The smallest absolute Gasteiger partial charge is 0.137 e. The zero-order valence-electron chi connectivity index (χ0n) is 15.8. The van der Waals surface area contributed by atoms with Gasteiger partial charge in [0.25, 0.3) is 0 Å². The van der Waals surface area contributed by atoms with Crippen LogP contribution in [0.3, 0.4) is 0 Å². The Balaban J connectivity index is 2.95. The zero-order valence-corrected chi connectivity index (χ0v) is 18.9. The molecule has 1 aromatic rings. The predicted octanol–water partition coefficient (Wildman–Crippen LogP) is 7.59. The Hall–Kier alpha value is -0.740. The highest BCUT2D eigenvalue weighted by atomic mass is 79.9. The molecule has 4 heteroatoms.